The van der Waals surface area contributed by atoms with Crippen molar-refractivity contribution < 1.29 is 14.3 Å². The molecule has 7 rings (SSSR count). The topological polar surface area (TPSA) is 58.4 Å². The molecule has 196 valence electrons. The quantitative estimate of drug-likeness (QED) is 0.283. The number of hydrogen-bond donors (Lipinski definition) is 1. The third kappa shape index (κ3) is 3.97. The van der Waals surface area contributed by atoms with Crippen LogP contribution in [0, 0.1) is 5.82 Å². The van der Waals surface area contributed by atoms with Crippen molar-refractivity contribution in [3.63, 3.8) is 0 Å². The van der Waals surface area contributed by atoms with Gasteiger partial charge in [-0.1, -0.05) is 24.3 Å². The highest BCUT2D eigenvalue weighted by Gasteiger charge is 2.41. The standard InChI is InChI=1S/C33H30FN3O2/c1-3-36-18-25(17-35-36)22-7-9-26-24(15-22)12-19(2)37-30-10-8-23(21-5-6-21)16-27(30)28-13-20(4-11-31(38)39)14-29(34)32(28)33(26)37/h4,7-11,13-19,21,33H,3,5-6,12H2,1-2H3,(H,38,39)/b11-4+/t19-,33+/m1/s1. The number of aryl methyl sites for hydroxylation is 1. The predicted octanol–water partition coefficient (Wildman–Crippen LogP) is 7.21. The Hall–Kier alpha value is -4.19. The fourth-order valence-corrected chi connectivity index (χ4v) is 6.47. The maximum atomic E-state index is 16.2. The summed E-state index contributed by atoms with van der Waals surface area (Å²) in [6, 6.07) is 16.5. The molecular weight excluding hydrogens is 489 g/mol. The monoisotopic (exact) mass is 519 g/mol. The Morgan fingerprint density at radius 2 is 1.95 bits per heavy atom. The normalized spacial score (nSPS) is 19.4. The van der Waals surface area contributed by atoms with Crippen LogP contribution >= 0.6 is 0 Å². The van der Waals surface area contributed by atoms with E-state index in [1.54, 1.807) is 0 Å². The highest BCUT2D eigenvalue weighted by molar-refractivity contribution is 5.90. The van der Waals surface area contributed by atoms with Crippen molar-refractivity contribution in [3.05, 3.63) is 101 Å². The molecule has 0 bridgehead atoms. The Bertz CT molecular complexity index is 1670. The van der Waals surface area contributed by atoms with Crippen LogP contribution in [-0.4, -0.2) is 26.9 Å². The number of rotatable bonds is 5. The third-order valence-electron chi connectivity index (χ3n) is 8.48. The average molecular weight is 520 g/mol. The molecule has 1 saturated carbocycles. The van der Waals surface area contributed by atoms with Gasteiger partial charge in [0.25, 0.3) is 0 Å². The van der Waals surface area contributed by atoms with E-state index < -0.39 is 5.97 Å². The minimum absolute atomic E-state index is 0.167. The van der Waals surface area contributed by atoms with Crippen LogP contribution in [-0.2, 0) is 17.8 Å². The van der Waals surface area contributed by atoms with E-state index in [1.165, 1.54) is 36.1 Å². The summed E-state index contributed by atoms with van der Waals surface area (Å²) in [5.41, 5.74) is 10.1. The van der Waals surface area contributed by atoms with E-state index in [-0.39, 0.29) is 17.9 Å². The van der Waals surface area contributed by atoms with E-state index in [9.17, 15) is 4.79 Å². The number of nitrogens with zero attached hydrogens (tertiary/aromatic N) is 3. The number of aromatic nitrogens is 2. The summed E-state index contributed by atoms with van der Waals surface area (Å²) in [5.74, 6) is -0.777. The summed E-state index contributed by atoms with van der Waals surface area (Å²) in [4.78, 5) is 13.6. The van der Waals surface area contributed by atoms with Gasteiger partial charge in [0.15, 0.2) is 0 Å². The zero-order valence-corrected chi connectivity index (χ0v) is 22.1. The van der Waals surface area contributed by atoms with Crippen LogP contribution in [0.5, 0.6) is 0 Å². The van der Waals surface area contributed by atoms with Crippen molar-refractivity contribution in [1.29, 1.82) is 0 Å². The van der Waals surface area contributed by atoms with Crippen LogP contribution in [0.3, 0.4) is 0 Å². The second kappa shape index (κ2) is 8.94. The van der Waals surface area contributed by atoms with Crippen LogP contribution in [0.4, 0.5) is 10.1 Å². The van der Waals surface area contributed by atoms with Crippen LogP contribution in [0.25, 0.3) is 28.3 Å². The summed E-state index contributed by atoms with van der Waals surface area (Å²) >= 11 is 0. The zero-order chi connectivity index (χ0) is 26.8. The Kier molecular flexibility index (Phi) is 5.48. The number of halogens is 1. The van der Waals surface area contributed by atoms with Gasteiger partial charge in [-0.15, -0.1) is 0 Å². The van der Waals surface area contributed by atoms with Crippen LogP contribution < -0.4 is 4.90 Å². The first-order valence-electron chi connectivity index (χ1n) is 13.7. The molecule has 6 heteroatoms. The van der Waals surface area contributed by atoms with Gasteiger partial charge < -0.3 is 10.0 Å². The summed E-state index contributed by atoms with van der Waals surface area (Å²) < 4.78 is 18.1. The number of fused-ring (bicyclic) bond motifs is 8. The highest BCUT2D eigenvalue weighted by atomic mass is 19.1. The van der Waals surface area contributed by atoms with Crippen molar-refractivity contribution in [2.24, 2.45) is 0 Å². The van der Waals surface area contributed by atoms with E-state index in [0.717, 1.165) is 52.5 Å². The molecule has 0 unspecified atom stereocenters. The van der Waals surface area contributed by atoms with Crippen molar-refractivity contribution >= 4 is 17.7 Å². The van der Waals surface area contributed by atoms with Crippen LogP contribution in [0.2, 0.25) is 0 Å². The summed E-state index contributed by atoms with van der Waals surface area (Å²) in [5, 5.41) is 13.6. The van der Waals surface area contributed by atoms with Crippen molar-refractivity contribution in [3.8, 4) is 22.3 Å². The lowest BCUT2D eigenvalue weighted by Crippen LogP contribution is -2.45. The Morgan fingerprint density at radius 1 is 1.10 bits per heavy atom. The second-order valence-corrected chi connectivity index (χ2v) is 11.0. The summed E-state index contributed by atoms with van der Waals surface area (Å²) in [7, 11) is 0. The summed E-state index contributed by atoms with van der Waals surface area (Å²) in [6.45, 7) is 5.12. The van der Waals surface area contributed by atoms with Gasteiger partial charge in [0.05, 0.1) is 12.2 Å². The van der Waals surface area contributed by atoms with Gasteiger partial charge in [-0.2, -0.15) is 5.10 Å². The molecule has 0 amide bonds. The number of benzene rings is 3. The number of carboxylic acids is 1. The van der Waals surface area contributed by atoms with Gasteiger partial charge in [0, 0.05) is 47.2 Å². The number of carbonyl (C=O) groups is 1. The predicted molar refractivity (Wildman–Crippen MR) is 151 cm³/mol. The minimum Gasteiger partial charge on any atom is -0.478 e. The SMILES string of the molecule is CCn1cc(-c2ccc3c(c2)C[C@@H](C)N2c4ccc(C5CC5)cc4-c4cc(/C=C/C(=O)O)cc(F)c4[C@H]32)cn1. The van der Waals surface area contributed by atoms with Crippen molar-refractivity contribution in [1.82, 2.24) is 9.78 Å². The van der Waals surface area contributed by atoms with E-state index in [4.69, 9.17) is 5.11 Å². The molecule has 1 aromatic heterocycles. The Balaban J connectivity index is 1.42. The Labute approximate surface area is 227 Å². The van der Waals surface area contributed by atoms with Crippen molar-refractivity contribution in [2.75, 3.05) is 4.90 Å². The lowest BCUT2D eigenvalue weighted by Gasteiger charge is -2.48. The largest absolute Gasteiger partial charge is 0.478 e. The number of aliphatic carboxylic acids is 1. The molecule has 1 N–H and O–H groups in total. The van der Waals surface area contributed by atoms with E-state index in [0.29, 0.717) is 17.0 Å². The van der Waals surface area contributed by atoms with Gasteiger partial charge in [-0.3, -0.25) is 4.68 Å². The Morgan fingerprint density at radius 3 is 2.69 bits per heavy atom. The molecule has 4 aromatic rings. The lowest BCUT2D eigenvalue weighted by atomic mass is 9.77. The molecule has 0 saturated heterocycles. The summed E-state index contributed by atoms with van der Waals surface area (Å²) in [6.07, 6.45) is 9.76. The molecule has 39 heavy (non-hydrogen) atoms. The lowest BCUT2D eigenvalue weighted by molar-refractivity contribution is -0.131. The van der Waals surface area contributed by atoms with E-state index in [2.05, 4.69) is 66.4 Å². The smallest absolute Gasteiger partial charge is 0.328 e. The van der Waals surface area contributed by atoms with Gasteiger partial charge in [-0.05, 0) is 103 Å². The molecule has 0 radical (unpaired) electrons. The molecule has 0 spiro atoms. The van der Waals surface area contributed by atoms with Gasteiger partial charge in [-0.25, -0.2) is 9.18 Å². The zero-order valence-electron chi connectivity index (χ0n) is 22.1. The number of hydrogen-bond acceptors (Lipinski definition) is 3. The highest BCUT2D eigenvalue weighted by Crippen LogP contribution is 2.54. The maximum Gasteiger partial charge on any atom is 0.328 e. The number of carboxylic acid groups (broad SMARTS) is 1. The minimum atomic E-state index is -1.05. The first-order valence-corrected chi connectivity index (χ1v) is 13.7. The van der Waals surface area contributed by atoms with Gasteiger partial charge >= 0.3 is 5.97 Å². The molecule has 1 fully saturated rings. The molecule has 5 nitrogen and oxygen atoms in total. The molecule has 2 atom stereocenters. The average Bonchev–Trinajstić information content (AvgIpc) is 3.67. The second-order valence-electron chi connectivity index (χ2n) is 11.0. The third-order valence-corrected chi connectivity index (χ3v) is 8.48. The first kappa shape index (κ1) is 23.9. The molecule has 3 aromatic carbocycles. The molecular formula is C33H30FN3O2. The van der Waals surface area contributed by atoms with Crippen LogP contribution in [0.1, 0.15) is 66.5 Å². The molecule has 1 aliphatic carbocycles. The van der Waals surface area contributed by atoms with Gasteiger partial charge in [0.1, 0.15) is 5.82 Å². The maximum absolute atomic E-state index is 16.2. The number of anilines is 1. The van der Waals surface area contributed by atoms with Crippen LogP contribution in [0.15, 0.2) is 67.0 Å². The van der Waals surface area contributed by atoms with E-state index in [1.807, 2.05) is 16.9 Å². The van der Waals surface area contributed by atoms with Crippen molar-refractivity contribution in [2.45, 2.75) is 57.7 Å². The fourth-order valence-electron chi connectivity index (χ4n) is 6.47. The van der Waals surface area contributed by atoms with Gasteiger partial charge in [0.2, 0.25) is 0 Å². The molecule has 3 aliphatic rings. The molecule has 2 aliphatic heterocycles. The fraction of sp³-hybridized carbons (Fsp3) is 0.273. The first-order chi connectivity index (χ1) is 18.9. The van der Waals surface area contributed by atoms with E-state index >= 15 is 4.39 Å². The molecule has 3 heterocycles.